The summed E-state index contributed by atoms with van der Waals surface area (Å²) in [6.45, 7) is 2.49. The number of oxazole rings is 1. The minimum atomic E-state index is -0.494. The summed E-state index contributed by atoms with van der Waals surface area (Å²) in [4.78, 5) is 21.4. The molecular formula is C14H12N4O5. The van der Waals surface area contributed by atoms with E-state index in [9.17, 15) is 10.1 Å². The minimum absolute atomic E-state index is 0.149. The topological polar surface area (TPSA) is 108 Å². The second kappa shape index (κ2) is 5.36. The maximum Gasteiger partial charge on any atom is 0.300 e. The lowest BCUT2D eigenvalue weighted by molar-refractivity contribution is -0.384. The zero-order valence-electron chi connectivity index (χ0n) is 12.0. The van der Waals surface area contributed by atoms with E-state index < -0.39 is 4.92 Å². The maximum atomic E-state index is 11.3. The van der Waals surface area contributed by atoms with Gasteiger partial charge in [0.2, 0.25) is 5.65 Å². The molecule has 0 atom stereocenters. The predicted molar refractivity (Wildman–Crippen MR) is 79.2 cm³/mol. The van der Waals surface area contributed by atoms with Gasteiger partial charge in [-0.15, -0.1) is 0 Å². The van der Waals surface area contributed by atoms with E-state index in [1.807, 2.05) is 4.90 Å². The van der Waals surface area contributed by atoms with Gasteiger partial charge < -0.3 is 18.5 Å². The lowest BCUT2D eigenvalue weighted by Gasteiger charge is -2.24. The van der Waals surface area contributed by atoms with E-state index in [2.05, 4.69) is 9.97 Å². The van der Waals surface area contributed by atoms with Crippen molar-refractivity contribution in [3.05, 3.63) is 34.8 Å². The fourth-order valence-electron chi connectivity index (χ4n) is 2.48. The number of furan rings is 1. The predicted octanol–water partition coefficient (Wildman–Crippen LogP) is 2.23. The highest BCUT2D eigenvalue weighted by atomic mass is 16.6. The summed E-state index contributed by atoms with van der Waals surface area (Å²) in [7, 11) is 0. The van der Waals surface area contributed by atoms with E-state index in [0.717, 1.165) is 0 Å². The second-order valence-corrected chi connectivity index (χ2v) is 5.04. The fourth-order valence-corrected chi connectivity index (χ4v) is 2.48. The molecule has 9 heteroatoms. The Balaban J connectivity index is 1.83. The summed E-state index contributed by atoms with van der Waals surface area (Å²) in [5, 5.41) is 11.3. The molecule has 3 aromatic heterocycles. The molecular weight excluding hydrogens is 304 g/mol. The van der Waals surface area contributed by atoms with E-state index in [4.69, 9.17) is 13.6 Å². The summed E-state index contributed by atoms with van der Waals surface area (Å²) in [6.07, 6.45) is 2.84. The molecule has 0 bridgehead atoms. The standard InChI is InChI=1S/C14H12N4O5/c19-18(20)10-7-11-13(15-12(10)9-1-4-22-8-9)16-14(23-11)17-2-5-21-6-3-17/h1,4,7-8H,2-3,5-6H2. The number of nitrogens with zero attached hydrogens (tertiary/aromatic N) is 4. The van der Waals surface area contributed by atoms with Crippen LogP contribution in [-0.4, -0.2) is 41.2 Å². The number of fused-ring (bicyclic) bond motifs is 1. The molecule has 1 aliphatic heterocycles. The summed E-state index contributed by atoms with van der Waals surface area (Å²) in [5.41, 5.74) is 1.19. The van der Waals surface area contributed by atoms with Crippen LogP contribution in [0.5, 0.6) is 0 Å². The smallest absolute Gasteiger partial charge is 0.300 e. The van der Waals surface area contributed by atoms with Crippen LogP contribution < -0.4 is 4.90 Å². The number of hydrogen-bond acceptors (Lipinski definition) is 8. The Morgan fingerprint density at radius 2 is 2.09 bits per heavy atom. The van der Waals surface area contributed by atoms with Gasteiger partial charge in [0.15, 0.2) is 11.3 Å². The average molecular weight is 316 g/mol. The molecule has 3 aromatic rings. The largest absolute Gasteiger partial charge is 0.472 e. The van der Waals surface area contributed by atoms with Gasteiger partial charge in [0, 0.05) is 18.7 Å². The van der Waals surface area contributed by atoms with Crippen molar-refractivity contribution in [1.29, 1.82) is 0 Å². The lowest BCUT2D eigenvalue weighted by Crippen LogP contribution is -2.36. The van der Waals surface area contributed by atoms with E-state index in [1.165, 1.54) is 18.6 Å². The van der Waals surface area contributed by atoms with Crippen LogP contribution in [-0.2, 0) is 4.74 Å². The number of hydrogen-bond donors (Lipinski definition) is 0. The van der Waals surface area contributed by atoms with Gasteiger partial charge >= 0.3 is 0 Å². The number of morpholine rings is 1. The molecule has 0 amide bonds. The Hall–Kier alpha value is -2.94. The lowest BCUT2D eigenvalue weighted by atomic mass is 10.2. The Morgan fingerprint density at radius 3 is 2.78 bits per heavy atom. The molecule has 118 valence electrons. The van der Waals surface area contributed by atoms with Crippen LogP contribution in [0.25, 0.3) is 22.5 Å². The summed E-state index contributed by atoms with van der Waals surface area (Å²) in [5.74, 6) is 0. The Bertz CT molecular complexity index is 852. The monoisotopic (exact) mass is 316 g/mol. The number of nitro groups is 1. The highest BCUT2D eigenvalue weighted by Gasteiger charge is 2.24. The third-order valence-corrected chi connectivity index (χ3v) is 3.62. The van der Waals surface area contributed by atoms with Gasteiger partial charge in [0.05, 0.1) is 36.7 Å². The van der Waals surface area contributed by atoms with E-state index in [1.54, 1.807) is 6.07 Å². The molecule has 0 unspecified atom stereocenters. The molecule has 1 saturated heterocycles. The first-order valence-electron chi connectivity index (χ1n) is 7.03. The van der Waals surface area contributed by atoms with Crippen molar-refractivity contribution in [3.63, 3.8) is 0 Å². The second-order valence-electron chi connectivity index (χ2n) is 5.04. The molecule has 1 aliphatic rings. The molecule has 9 nitrogen and oxygen atoms in total. The number of anilines is 1. The molecule has 0 aliphatic carbocycles. The normalized spacial score (nSPS) is 15.2. The molecule has 4 rings (SSSR count). The van der Waals surface area contributed by atoms with Gasteiger partial charge in [-0.25, -0.2) is 4.98 Å². The van der Waals surface area contributed by atoms with Gasteiger partial charge in [-0.1, -0.05) is 0 Å². The third-order valence-electron chi connectivity index (χ3n) is 3.62. The molecule has 0 aromatic carbocycles. The maximum absolute atomic E-state index is 11.3. The van der Waals surface area contributed by atoms with Gasteiger partial charge in [-0.2, -0.15) is 4.98 Å². The Labute approximate surface area is 129 Å². The number of ether oxygens (including phenoxy) is 1. The van der Waals surface area contributed by atoms with Crippen LogP contribution in [0.15, 0.2) is 33.5 Å². The van der Waals surface area contributed by atoms with Crippen LogP contribution in [0, 0.1) is 10.1 Å². The summed E-state index contributed by atoms with van der Waals surface area (Å²) >= 11 is 0. The zero-order chi connectivity index (χ0) is 15.8. The zero-order valence-corrected chi connectivity index (χ0v) is 12.0. The van der Waals surface area contributed by atoms with Gasteiger partial charge in [-0.3, -0.25) is 10.1 Å². The summed E-state index contributed by atoms with van der Waals surface area (Å²) in [6, 6.07) is 3.36. The Morgan fingerprint density at radius 1 is 1.26 bits per heavy atom. The highest BCUT2D eigenvalue weighted by molar-refractivity contribution is 5.81. The molecule has 0 spiro atoms. The van der Waals surface area contributed by atoms with E-state index in [0.29, 0.717) is 43.5 Å². The van der Waals surface area contributed by atoms with Crippen molar-refractivity contribution < 1.29 is 18.5 Å². The number of aromatic nitrogens is 2. The van der Waals surface area contributed by atoms with Crippen LogP contribution in [0.4, 0.5) is 11.7 Å². The molecule has 0 N–H and O–H groups in total. The molecule has 23 heavy (non-hydrogen) atoms. The van der Waals surface area contributed by atoms with Crippen molar-refractivity contribution in [1.82, 2.24) is 9.97 Å². The van der Waals surface area contributed by atoms with E-state index in [-0.39, 0.29) is 17.0 Å². The fraction of sp³-hybridized carbons (Fsp3) is 0.286. The van der Waals surface area contributed by atoms with Crippen molar-refractivity contribution in [2.45, 2.75) is 0 Å². The molecule has 0 saturated carbocycles. The van der Waals surface area contributed by atoms with Crippen LogP contribution in [0.2, 0.25) is 0 Å². The van der Waals surface area contributed by atoms with Gasteiger partial charge in [-0.05, 0) is 6.07 Å². The van der Waals surface area contributed by atoms with Crippen molar-refractivity contribution in [2.24, 2.45) is 0 Å². The minimum Gasteiger partial charge on any atom is -0.472 e. The van der Waals surface area contributed by atoms with Crippen LogP contribution in [0.1, 0.15) is 0 Å². The molecule has 0 radical (unpaired) electrons. The third kappa shape index (κ3) is 2.40. The first-order chi connectivity index (χ1) is 11.2. The van der Waals surface area contributed by atoms with Crippen LogP contribution >= 0.6 is 0 Å². The molecule has 4 heterocycles. The van der Waals surface area contributed by atoms with Gasteiger partial charge in [0.25, 0.3) is 11.7 Å². The Kier molecular flexibility index (Phi) is 3.19. The quantitative estimate of drug-likeness (QED) is 0.534. The van der Waals surface area contributed by atoms with Crippen molar-refractivity contribution in [2.75, 3.05) is 31.2 Å². The molecule has 1 fully saturated rings. The van der Waals surface area contributed by atoms with Crippen LogP contribution in [0.3, 0.4) is 0 Å². The van der Waals surface area contributed by atoms with Crippen molar-refractivity contribution in [3.8, 4) is 11.3 Å². The first kappa shape index (κ1) is 13.7. The first-order valence-corrected chi connectivity index (χ1v) is 7.03. The number of rotatable bonds is 3. The van der Waals surface area contributed by atoms with Crippen molar-refractivity contribution >= 4 is 22.9 Å². The SMILES string of the molecule is O=[N+]([O-])c1cc2oc(N3CCOCC3)nc2nc1-c1ccoc1. The van der Waals surface area contributed by atoms with E-state index >= 15 is 0 Å². The van der Waals surface area contributed by atoms with Gasteiger partial charge in [0.1, 0.15) is 0 Å². The highest BCUT2D eigenvalue weighted by Crippen LogP contribution is 2.33. The average Bonchev–Trinajstić information content (AvgIpc) is 3.23. The number of pyridine rings is 1. The summed E-state index contributed by atoms with van der Waals surface area (Å²) < 4.78 is 15.9.